The van der Waals surface area contributed by atoms with Crippen LogP contribution in [0.5, 0.6) is 0 Å². The molecule has 268 valence electrons. The first kappa shape index (κ1) is 32.8. The van der Waals surface area contributed by atoms with Gasteiger partial charge in [-0.05, 0) is 88.5 Å². The third-order valence-corrected chi connectivity index (χ3v) is 11.2. The molecule has 0 radical (unpaired) electrons. The second-order valence-electron chi connectivity index (χ2n) is 14.5. The van der Waals surface area contributed by atoms with E-state index < -0.39 is 0 Å². The van der Waals surface area contributed by atoms with Crippen LogP contribution in [-0.2, 0) is 0 Å². The van der Waals surface area contributed by atoms with Crippen LogP contribution >= 0.6 is 0 Å². The normalized spacial score (nSPS) is 11.5. The molecule has 2 heterocycles. The Morgan fingerprint density at radius 2 is 0.807 bits per heavy atom. The van der Waals surface area contributed by atoms with Gasteiger partial charge in [-0.3, -0.25) is 0 Å². The summed E-state index contributed by atoms with van der Waals surface area (Å²) in [6, 6.07) is 77.9. The van der Waals surface area contributed by atoms with Gasteiger partial charge in [0.1, 0.15) is 11.2 Å². The van der Waals surface area contributed by atoms with Crippen LogP contribution in [0.25, 0.3) is 82.8 Å². The third kappa shape index (κ3) is 5.60. The molecule has 0 unspecified atom stereocenters. The average Bonchev–Trinajstić information content (AvgIpc) is 3.83. The topological polar surface area (TPSA) is 21.3 Å². The molecule has 0 aliphatic rings. The van der Waals surface area contributed by atoms with Gasteiger partial charge in [0, 0.05) is 55.9 Å². The summed E-state index contributed by atoms with van der Waals surface area (Å²) in [4.78, 5) is 2.32. The highest BCUT2D eigenvalue weighted by Gasteiger charge is 2.23. The molecule has 3 nitrogen and oxygen atoms in total. The second-order valence-corrected chi connectivity index (χ2v) is 14.5. The van der Waals surface area contributed by atoms with E-state index in [-0.39, 0.29) is 0 Å². The van der Waals surface area contributed by atoms with E-state index in [0.29, 0.717) is 0 Å². The number of furan rings is 1. The molecule has 9 aromatic carbocycles. The summed E-state index contributed by atoms with van der Waals surface area (Å²) >= 11 is 0. The first-order chi connectivity index (χ1) is 28.3. The minimum absolute atomic E-state index is 0.876. The maximum Gasteiger partial charge on any atom is 0.138 e. The SMILES string of the molecule is c1ccc(-c2ccc(-c3c4c(cc5c3c3ccccc3n5-c3ccc(N(c5ccccc5)c5ccc(-c6ccccc6)cc5)cc3)oc3ccccc34)cc2)cc1. The van der Waals surface area contributed by atoms with E-state index in [1.54, 1.807) is 0 Å². The van der Waals surface area contributed by atoms with E-state index in [4.69, 9.17) is 4.42 Å². The van der Waals surface area contributed by atoms with Gasteiger partial charge in [-0.15, -0.1) is 0 Å². The zero-order valence-electron chi connectivity index (χ0n) is 31.1. The highest BCUT2D eigenvalue weighted by atomic mass is 16.3. The van der Waals surface area contributed by atoms with Crippen molar-refractivity contribution in [3.8, 4) is 39.1 Å². The number of rotatable bonds is 7. The van der Waals surface area contributed by atoms with Gasteiger partial charge in [0.15, 0.2) is 0 Å². The van der Waals surface area contributed by atoms with Crippen LogP contribution in [0.4, 0.5) is 17.1 Å². The van der Waals surface area contributed by atoms with Crippen molar-refractivity contribution in [1.29, 1.82) is 0 Å². The number of hydrogen-bond acceptors (Lipinski definition) is 2. The zero-order chi connectivity index (χ0) is 37.7. The molecule has 0 saturated heterocycles. The maximum atomic E-state index is 6.67. The highest BCUT2D eigenvalue weighted by Crippen LogP contribution is 2.47. The molecule has 0 bridgehead atoms. The summed E-state index contributed by atoms with van der Waals surface area (Å²) in [7, 11) is 0. The molecule has 0 spiro atoms. The first-order valence-corrected chi connectivity index (χ1v) is 19.4. The molecule has 0 saturated carbocycles. The van der Waals surface area contributed by atoms with Crippen molar-refractivity contribution in [3.63, 3.8) is 0 Å². The van der Waals surface area contributed by atoms with Gasteiger partial charge >= 0.3 is 0 Å². The van der Waals surface area contributed by atoms with Crippen LogP contribution < -0.4 is 4.90 Å². The van der Waals surface area contributed by atoms with E-state index >= 15 is 0 Å². The molecule has 0 aliphatic carbocycles. The van der Waals surface area contributed by atoms with Crippen LogP contribution in [0.15, 0.2) is 223 Å². The molecular formula is C54H36N2O. The van der Waals surface area contributed by atoms with Crippen molar-refractivity contribution >= 4 is 60.8 Å². The molecular weight excluding hydrogens is 693 g/mol. The van der Waals surface area contributed by atoms with E-state index in [2.05, 4.69) is 222 Å². The van der Waals surface area contributed by atoms with Gasteiger partial charge in [-0.1, -0.05) is 152 Å². The molecule has 0 amide bonds. The monoisotopic (exact) mass is 728 g/mol. The fraction of sp³-hybridized carbons (Fsp3) is 0. The van der Waals surface area contributed by atoms with Crippen LogP contribution in [-0.4, -0.2) is 4.57 Å². The van der Waals surface area contributed by atoms with E-state index in [0.717, 1.165) is 61.3 Å². The Hall–Kier alpha value is -7.62. The molecule has 0 N–H and O–H groups in total. The Morgan fingerprint density at radius 3 is 1.46 bits per heavy atom. The van der Waals surface area contributed by atoms with Crippen molar-refractivity contribution in [2.45, 2.75) is 0 Å². The molecule has 11 aromatic rings. The molecule has 0 fully saturated rings. The van der Waals surface area contributed by atoms with Gasteiger partial charge in [0.25, 0.3) is 0 Å². The number of para-hydroxylation sites is 3. The minimum atomic E-state index is 0.876. The summed E-state index contributed by atoms with van der Waals surface area (Å²) in [5, 5.41) is 4.68. The molecule has 0 aliphatic heterocycles. The predicted molar refractivity (Wildman–Crippen MR) is 239 cm³/mol. The van der Waals surface area contributed by atoms with Crippen molar-refractivity contribution in [2.75, 3.05) is 4.90 Å². The average molecular weight is 729 g/mol. The predicted octanol–water partition coefficient (Wildman–Crippen LogP) is 15.2. The van der Waals surface area contributed by atoms with Crippen LogP contribution in [0.3, 0.4) is 0 Å². The lowest BCUT2D eigenvalue weighted by Crippen LogP contribution is -2.10. The van der Waals surface area contributed by atoms with Gasteiger partial charge in [-0.2, -0.15) is 0 Å². The Labute approximate surface area is 330 Å². The number of anilines is 3. The molecule has 2 aromatic heterocycles. The lowest BCUT2D eigenvalue weighted by molar-refractivity contribution is 0.669. The van der Waals surface area contributed by atoms with Gasteiger partial charge in [0.2, 0.25) is 0 Å². The maximum absolute atomic E-state index is 6.67. The molecule has 0 atom stereocenters. The molecule has 57 heavy (non-hydrogen) atoms. The summed E-state index contributed by atoms with van der Waals surface area (Å²) in [6.45, 7) is 0. The standard InChI is InChI=1S/C54H36N2O/c1-4-14-37(15-5-1)39-24-26-41(27-25-39)52-53-46-20-10-12-22-48(46)56(49(53)36-51-54(52)47-21-11-13-23-50(47)57-51)45-34-32-44(33-35-45)55(42-18-8-3-9-19-42)43-30-28-40(29-31-43)38-16-6-2-7-17-38/h1-36H. The summed E-state index contributed by atoms with van der Waals surface area (Å²) < 4.78 is 9.06. The Balaban J connectivity index is 1.09. The lowest BCUT2D eigenvalue weighted by Gasteiger charge is -2.26. The number of benzene rings is 9. The fourth-order valence-corrected chi connectivity index (χ4v) is 8.57. The smallest absolute Gasteiger partial charge is 0.138 e. The summed E-state index contributed by atoms with van der Waals surface area (Å²) in [6.07, 6.45) is 0. The van der Waals surface area contributed by atoms with E-state index in [1.807, 2.05) is 6.07 Å². The van der Waals surface area contributed by atoms with Crippen molar-refractivity contribution in [2.24, 2.45) is 0 Å². The lowest BCUT2D eigenvalue weighted by atomic mass is 9.93. The van der Waals surface area contributed by atoms with Crippen molar-refractivity contribution in [1.82, 2.24) is 4.57 Å². The Morgan fingerprint density at radius 1 is 0.333 bits per heavy atom. The quantitative estimate of drug-likeness (QED) is 0.163. The van der Waals surface area contributed by atoms with E-state index in [1.165, 1.54) is 38.6 Å². The van der Waals surface area contributed by atoms with Gasteiger partial charge in [0.05, 0.1) is 11.0 Å². The summed E-state index contributed by atoms with van der Waals surface area (Å²) in [5.74, 6) is 0. The number of fused-ring (bicyclic) bond motifs is 6. The molecule has 3 heteroatoms. The minimum Gasteiger partial charge on any atom is -0.456 e. The van der Waals surface area contributed by atoms with E-state index in [9.17, 15) is 0 Å². The largest absolute Gasteiger partial charge is 0.456 e. The second kappa shape index (κ2) is 13.6. The first-order valence-electron chi connectivity index (χ1n) is 19.4. The van der Waals surface area contributed by atoms with Crippen LogP contribution in [0.1, 0.15) is 0 Å². The van der Waals surface area contributed by atoms with Gasteiger partial charge in [-0.25, -0.2) is 0 Å². The Bertz CT molecular complexity index is 3180. The van der Waals surface area contributed by atoms with Crippen molar-refractivity contribution in [3.05, 3.63) is 218 Å². The van der Waals surface area contributed by atoms with Gasteiger partial charge < -0.3 is 13.9 Å². The van der Waals surface area contributed by atoms with Crippen LogP contribution in [0, 0.1) is 0 Å². The number of hydrogen-bond donors (Lipinski definition) is 0. The Kier molecular flexibility index (Phi) is 7.82. The zero-order valence-corrected chi connectivity index (χ0v) is 31.1. The number of aromatic nitrogens is 1. The summed E-state index contributed by atoms with van der Waals surface area (Å²) in [5.41, 5.74) is 15.5. The third-order valence-electron chi connectivity index (χ3n) is 11.2. The van der Waals surface area contributed by atoms with Crippen molar-refractivity contribution < 1.29 is 4.42 Å². The van der Waals surface area contributed by atoms with Crippen LogP contribution in [0.2, 0.25) is 0 Å². The fourth-order valence-electron chi connectivity index (χ4n) is 8.57. The highest BCUT2D eigenvalue weighted by molar-refractivity contribution is 6.27. The molecule has 11 rings (SSSR count). The number of nitrogens with zero attached hydrogens (tertiary/aromatic N) is 2.